The lowest BCUT2D eigenvalue weighted by molar-refractivity contribution is -0.384. The van der Waals surface area contributed by atoms with Crippen LogP contribution in [0.15, 0.2) is 47.0 Å². The first kappa shape index (κ1) is 23.7. The number of nitrogens with zero attached hydrogens (tertiary/aromatic N) is 4. The summed E-state index contributed by atoms with van der Waals surface area (Å²) in [7, 11) is 3.10. The maximum Gasteiger partial charge on any atom is 0.270 e. The minimum atomic E-state index is -0.515. The number of amides is 1. The van der Waals surface area contributed by atoms with E-state index in [0.29, 0.717) is 41.7 Å². The highest BCUT2D eigenvalue weighted by molar-refractivity contribution is 5.95. The van der Waals surface area contributed by atoms with E-state index in [-0.39, 0.29) is 23.2 Å². The molecular formula is C23H26N4O6. The predicted octanol–water partition coefficient (Wildman–Crippen LogP) is 4.15. The van der Waals surface area contributed by atoms with E-state index >= 15 is 0 Å². The average molecular weight is 454 g/mol. The molecule has 10 heteroatoms. The third kappa shape index (κ3) is 5.46. The van der Waals surface area contributed by atoms with Gasteiger partial charge in [0.25, 0.3) is 11.6 Å². The molecule has 0 aliphatic carbocycles. The Hall–Kier alpha value is -3.95. The number of carbonyl (C=O) groups excluding carboxylic acids is 1. The van der Waals surface area contributed by atoms with Gasteiger partial charge in [0.1, 0.15) is 0 Å². The molecule has 1 unspecified atom stereocenters. The summed E-state index contributed by atoms with van der Waals surface area (Å²) in [6, 6.07) is 11.0. The summed E-state index contributed by atoms with van der Waals surface area (Å²) in [5, 5.41) is 15.1. The predicted molar refractivity (Wildman–Crippen MR) is 120 cm³/mol. The first-order valence-corrected chi connectivity index (χ1v) is 10.5. The van der Waals surface area contributed by atoms with E-state index < -0.39 is 4.92 Å². The zero-order valence-electron chi connectivity index (χ0n) is 19.0. The number of carbonyl (C=O) groups is 1. The van der Waals surface area contributed by atoms with Crippen molar-refractivity contribution in [1.82, 2.24) is 15.0 Å². The van der Waals surface area contributed by atoms with Crippen LogP contribution in [-0.4, -0.2) is 52.7 Å². The third-order valence-corrected chi connectivity index (χ3v) is 5.36. The quantitative estimate of drug-likeness (QED) is 0.331. The van der Waals surface area contributed by atoms with E-state index in [2.05, 4.69) is 10.1 Å². The Morgan fingerprint density at radius 3 is 2.61 bits per heavy atom. The van der Waals surface area contributed by atoms with E-state index in [1.807, 2.05) is 13.8 Å². The van der Waals surface area contributed by atoms with E-state index in [4.69, 9.17) is 14.0 Å². The largest absolute Gasteiger partial charge is 0.493 e. The number of aromatic nitrogens is 2. The average Bonchev–Trinajstić information content (AvgIpc) is 3.32. The third-order valence-electron chi connectivity index (χ3n) is 5.36. The van der Waals surface area contributed by atoms with Gasteiger partial charge in [-0.2, -0.15) is 4.98 Å². The highest BCUT2D eigenvalue weighted by atomic mass is 16.6. The Morgan fingerprint density at radius 1 is 1.18 bits per heavy atom. The molecule has 0 saturated carbocycles. The summed E-state index contributed by atoms with van der Waals surface area (Å²) < 4.78 is 16.0. The van der Waals surface area contributed by atoms with E-state index in [0.717, 1.165) is 6.42 Å². The number of methoxy groups -OCH3 is 2. The van der Waals surface area contributed by atoms with Crippen molar-refractivity contribution in [2.75, 3.05) is 20.8 Å². The molecule has 10 nitrogen and oxygen atoms in total. The second-order valence-corrected chi connectivity index (χ2v) is 7.39. The van der Waals surface area contributed by atoms with Crippen LogP contribution in [0.1, 0.15) is 36.5 Å². The summed E-state index contributed by atoms with van der Waals surface area (Å²) in [5.41, 5.74) is 0.844. The standard InChI is InChI=1S/C23H26N4O6/c1-5-15(2)26(23(28)17-7-6-8-18(13-17)27(29)30)12-11-21-24-22(25-33-21)16-9-10-19(31-3)20(14-16)32-4/h6-10,13-15H,5,11-12H2,1-4H3. The lowest BCUT2D eigenvalue weighted by Gasteiger charge is -2.28. The monoisotopic (exact) mass is 454 g/mol. The molecule has 174 valence electrons. The molecule has 1 atom stereocenters. The van der Waals surface area contributed by atoms with Crippen LogP contribution >= 0.6 is 0 Å². The molecule has 0 spiro atoms. The van der Waals surface area contributed by atoms with Crippen molar-refractivity contribution in [2.24, 2.45) is 0 Å². The van der Waals surface area contributed by atoms with Crippen molar-refractivity contribution in [3.63, 3.8) is 0 Å². The van der Waals surface area contributed by atoms with Gasteiger partial charge in [0, 0.05) is 42.3 Å². The number of hydrogen-bond donors (Lipinski definition) is 0. The first-order valence-electron chi connectivity index (χ1n) is 10.5. The number of rotatable bonds is 10. The second-order valence-electron chi connectivity index (χ2n) is 7.39. The minimum Gasteiger partial charge on any atom is -0.493 e. The van der Waals surface area contributed by atoms with Crippen LogP contribution in [0.5, 0.6) is 11.5 Å². The Labute approximate surface area is 191 Å². The Balaban J connectivity index is 1.76. The molecule has 2 aromatic carbocycles. The number of non-ortho nitro benzene ring substituents is 1. The Bertz CT molecular complexity index is 1130. The van der Waals surface area contributed by atoms with Gasteiger partial charge in [0.15, 0.2) is 11.5 Å². The van der Waals surface area contributed by atoms with Crippen LogP contribution in [0.3, 0.4) is 0 Å². The SMILES string of the molecule is CCC(C)N(CCc1nc(-c2ccc(OC)c(OC)c2)no1)C(=O)c1cccc([N+](=O)[O-])c1. The Kier molecular flexibility index (Phi) is 7.60. The van der Waals surface area contributed by atoms with Crippen LogP contribution in [0.25, 0.3) is 11.4 Å². The van der Waals surface area contributed by atoms with Gasteiger partial charge in [-0.05, 0) is 37.6 Å². The molecule has 1 amide bonds. The fourth-order valence-electron chi connectivity index (χ4n) is 3.33. The lowest BCUT2D eigenvalue weighted by atomic mass is 10.1. The molecular weight excluding hydrogens is 428 g/mol. The minimum absolute atomic E-state index is 0.0787. The Morgan fingerprint density at radius 2 is 1.94 bits per heavy atom. The highest BCUT2D eigenvalue weighted by Gasteiger charge is 2.23. The van der Waals surface area contributed by atoms with Crippen molar-refractivity contribution in [3.8, 4) is 22.9 Å². The van der Waals surface area contributed by atoms with Crippen molar-refractivity contribution >= 4 is 11.6 Å². The van der Waals surface area contributed by atoms with Crippen LogP contribution in [0, 0.1) is 10.1 Å². The molecule has 33 heavy (non-hydrogen) atoms. The number of ether oxygens (including phenoxy) is 2. The van der Waals surface area contributed by atoms with E-state index in [1.165, 1.54) is 18.2 Å². The molecule has 0 aliphatic heterocycles. The number of benzene rings is 2. The molecule has 0 radical (unpaired) electrons. The summed E-state index contributed by atoms with van der Waals surface area (Å²) in [4.78, 5) is 29.8. The topological polar surface area (TPSA) is 121 Å². The van der Waals surface area contributed by atoms with Crippen molar-refractivity contribution in [3.05, 3.63) is 64.0 Å². The first-order chi connectivity index (χ1) is 15.9. The van der Waals surface area contributed by atoms with Gasteiger partial charge in [-0.15, -0.1) is 0 Å². The fraction of sp³-hybridized carbons (Fsp3) is 0.348. The van der Waals surface area contributed by atoms with Gasteiger partial charge in [-0.25, -0.2) is 0 Å². The second kappa shape index (κ2) is 10.6. The van der Waals surface area contributed by atoms with Gasteiger partial charge in [0.2, 0.25) is 11.7 Å². The van der Waals surface area contributed by atoms with Crippen LogP contribution in [-0.2, 0) is 6.42 Å². The van der Waals surface area contributed by atoms with E-state index in [9.17, 15) is 14.9 Å². The molecule has 0 aliphatic rings. The molecule has 3 rings (SSSR count). The summed E-state index contributed by atoms with van der Waals surface area (Å²) in [6.07, 6.45) is 1.06. The van der Waals surface area contributed by atoms with Crippen LogP contribution < -0.4 is 9.47 Å². The fourth-order valence-corrected chi connectivity index (χ4v) is 3.33. The van der Waals surface area contributed by atoms with Crippen LogP contribution in [0.2, 0.25) is 0 Å². The van der Waals surface area contributed by atoms with Gasteiger partial charge < -0.3 is 18.9 Å². The van der Waals surface area contributed by atoms with Crippen molar-refractivity contribution < 1.29 is 23.7 Å². The molecule has 0 N–H and O–H groups in total. The summed E-state index contributed by atoms with van der Waals surface area (Å²) >= 11 is 0. The van der Waals surface area contributed by atoms with Gasteiger partial charge in [0.05, 0.1) is 19.1 Å². The van der Waals surface area contributed by atoms with Gasteiger partial charge in [-0.3, -0.25) is 14.9 Å². The molecule has 0 saturated heterocycles. The maximum atomic E-state index is 13.1. The zero-order valence-corrected chi connectivity index (χ0v) is 19.0. The van der Waals surface area contributed by atoms with Crippen molar-refractivity contribution in [1.29, 1.82) is 0 Å². The number of nitro benzene ring substituents is 1. The smallest absolute Gasteiger partial charge is 0.270 e. The zero-order chi connectivity index (χ0) is 24.0. The normalized spacial score (nSPS) is 11.6. The highest BCUT2D eigenvalue weighted by Crippen LogP contribution is 2.31. The summed E-state index contributed by atoms with van der Waals surface area (Å²) in [5.74, 6) is 1.62. The number of nitro groups is 1. The maximum absolute atomic E-state index is 13.1. The number of hydrogen-bond acceptors (Lipinski definition) is 8. The lowest BCUT2D eigenvalue weighted by Crippen LogP contribution is -2.39. The molecule has 1 heterocycles. The molecule has 0 fully saturated rings. The summed E-state index contributed by atoms with van der Waals surface area (Å²) in [6.45, 7) is 4.22. The molecule has 0 bridgehead atoms. The van der Waals surface area contributed by atoms with Crippen molar-refractivity contribution in [2.45, 2.75) is 32.7 Å². The van der Waals surface area contributed by atoms with E-state index in [1.54, 1.807) is 43.4 Å². The van der Waals surface area contributed by atoms with Gasteiger partial charge >= 0.3 is 0 Å². The molecule has 1 aromatic heterocycles. The molecule has 3 aromatic rings. The van der Waals surface area contributed by atoms with Crippen LogP contribution in [0.4, 0.5) is 5.69 Å². The van der Waals surface area contributed by atoms with Gasteiger partial charge in [-0.1, -0.05) is 18.1 Å².